The highest BCUT2D eigenvalue weighted by atomic mass is 19.4. The van der Waals surface area contributed by atoms with Gasteiger partial charge in [-0.2, -0.15) is 13.2 Å². The van der Waals surface area contributed by atoms with E-state index in [9.17, 15) is 13.2 Å². The summed E-state index contributed by atoms with van der Waals surface area (Å²) in [4.78, 5) is 0. The van der Waals surface area contributed by atoms with E-state index in [0.717, 1.165) is 0 Å². The van der Waals surface area contributed by atoms with Crippen LogP contribution in [0.2, 0.25) is 0 Å². The van der Waals surface area contributed by atoms with Crippen molar-refractivity contribution in [2.45, 2.75) is 45.2 Å². The topological polar surface area (TPSA) is 9.23 Å². The van der Waals surface area contributed by atoms with Crippen molar-refractivity contribution >= 4 is 0 Å². The maximum Gasteiger partial charge on any atom is 0.389 e. The van der Waals surface area contributed by atoms with Crippen molar-refractivity contribution in [3.63, 3.8) is 0 Å². The zero-order chi connectivity index (χ0) is 13.8. The molecule has 0 radical (unpaired) electrons. The van der Waals surface area contributed by atoms with Crippen LogP contribution in [0.4, 0.5) is 13.2 Å². The molecule has 0 saturated heterocycles. The van der Waals surface area contributed by atoms with Gasteiger partial charge in [0.1, 0.15) is 5.75 Å². The first-order valence-corrected chi connectivity index (χ1v) is 5.98. The van der Waals surface area contributed by atoms with Gasteiger partial charge in [-0.15, -0.1) is 0 Å². The summed E-state index contributed by atoms with van der Waals surface area (Å²) < 4.78 is 41.0. The molecule has 0 amide bonds. The van der Waals surface area contributed by atoms with Gasteiger partial charge in [-0.05, 0) is 29.5 Å². The second kappa shape index (κ2) is 5.63. The molecular weight excluding hydrogens is 241 g/mol. The number of alkyl halides is 3. The van der Waals surface area contributed by atoms with E-state index in [2.05, 4.69) is 20.8 Å². The number of rotatable bonds is 4. The Hall–Kier alpha value is -1.19. The average Bonchev–Trinajstić information content (AvgIpc) is 2.22. The first-order chi connectivity index (χ1) is 8.18. The molecule has 102 valence electrons. The summed E-state index contributed by atoms with van der Waals surface area (Å²) in [6.07, 6.45) is -4.91. The van der Waals surface area contributed by atoms with E-state index in [4.69, 9.17) is 4.74 Å². The van der Waals surface area contributed by atoms with Gasteiger partial charge in [0, 0.05) is 6.42 Å². The number of ether oxygens (including phenoxy) is 1. The molecule has 0 aromatic heterocycles. The fourth-order valence-corrected chi connectivity index (χ4v) is 1.51. The monoisotopic (exact) mass is 260 g/mol. The summed E-state index contributed by atoms with van der Waals surface area (Å²) in [5.74, 6) is 0.616. The lowest BCUT2D eigenvalue weighted by Crippen LogP contribution is -2.11. The van der Waals surface area contributed by atoms with E-state index in [0.29, 0.717) is 5.75 Å². The normalized spacial score (nSPS) is 12.6. The van der Waals surface area contributed by atoms with Gasteiger partial charge >= 0.3 is 6.18 Å². The molecule has 0 saturated carbocycles. The van der Waals surface area contributed by atoms with Crippen LogP contribution in [0.5, 0.6) is 5.75 Å². The van der Waals surface area contributed by atoms with Gasteiger partial charge in [-0.25, -0.2) is 0 Å². The van der Waals surface area contributed by atoms with E-state index in [1.165, 1.54) is 5.56 Å². The highest BCUT2D eigenvalue weighted by molar-refractivity contribution is 5.31. The van der Waals surface area contributed by atoms with Crippen molar-refractivity contribution < 1.29 is 17.9 Å². The molecule has 0 aliphatic rings. The lowest BCUT2D eigenvalue weighted by Gasteiger charge is -2.19. The van der Waals surface area contributed by atoms with Gasteiger partial charge in [-0.1, -0.05) is 32.9 Å². The fourth-order valence-electron chi connectivity index (χ4n) is 1.51. The second-order valence-corrected chi connectivity index (χ2v) is 5.34. The number of halogens is 3. The van der Waals surface area contributed by atoms with Crippen LogP contribution in [-0.2, 0) is 5.41 Å². The van der Waals surface area contributed by atoms with Crippen LogP contribution < -0.4 is 4.74 Å². The Balaban J connectivity index is 2.41. The molecule has 0 N–H and O–H groups in total. The van der Waals surface area contributed by atoms with E-state index in [1.807, 2.05) is 12.1 Å². The molecule has 1 rings (SSSR count). The van der Waals surface area contributed by atoms with Crippen LogP contribution in [0.1, 0.15) is 39.2 Å². The van der Waals surface area contributed by atoms with Crippen molar-refractivity contribution in [2.75, 3.05) is 6.61 Å². The minimum atomic E-state index is -4.10. The van der Waals surface area contributed by atoms with Crippen LogP contribution in [-0.4, -0.2) is 12.8 Å². The lowest BCUT2D eigenvalue weighted by molar-refractivity contribution is -0.136. The molecular formula is C14H19F3O. The fraction of sp³-hybridized carbons (Fsp3) is 0.571. The first kappa shape index (κ1) is 14.9. The number of benzene rings is 1. The predicted molar refractivity (Wildman–Crippen MR) is 65.9 cm³/mol. The highest BCUT2D eigenvalue weighted by Gasteiger charge is 2.26. The van der Waals surface area contributed by atoms with Gasteiger partial charge in [-0.3, -0.25) is 0 Å². The summed E-state index contributed by atoms with van der Waals surface area (Å²) >= 11 is 0. The number of hydrogen-bond donors (Lipinski definition) is 0. The molecule has 1 aromatic rings. The summed E-state index contributed by atoms with van der Waals surface area (Å²) in [6, 6.07) is 7.49. The summed E-state index contributed by atoms with van der Waals surface area (Å²) in [6.45, 7) is 6.40. The van der Waals surface area contributed by atoms with Gasteiger partial charge in [0.05, 0.1) is 6.61 Å². The van der Waals surface area contributed by atoms with Crippen molar-refractivity contribution in [1.29, 1.82) is 0 Å². The zero-order valence-corrected chi connectivity index (χ0v) is 11.0. The van der Waals surface area contributed by atoms with E-state index in [1.54, 1.807) is 12.1 Å². The summed E-state index contributed by atoms with van der Waals surface area (Å²) in [5, 5.41) is 0. The third-order valence-electron chi connectivity index (χ3n) is 2.59. The second-order valence-electron chi connectivity index (χ2n) is 5.34. The van der Waals surface area contributed by atoms with E-state index < -0.39 is 12.6 Å². The molecule has 0 fully saturated rings. The third-order valence-corrected chi connectivity index (χ3v) is 2.59. The molecule has 18 heavy (non-hydrogen) atoms. The molecule has 0 unspecified atom stereocenters. The standard InChI is InChI=1S/C14H19F3O/c1-13(2,3)11-5-7-12(8-6-11)18-10-4-9-14(15,16)17/h5-8H,4,9-10H2,1-3H3. The van der Waals surface area contributed by atoms with Crippen molar-refractivity contribution in [1.82, 2.24) is 0 Å². The van der Waals surface area contributed by atoms with Crippen LogP contribution >= 0.6 is 0 Å². The smallest absolute Gasteiger partial charge is 0.389 e. The zero-order valence-electron chi connectivity index (χ0n) is 11.0. The van der Waals surface area contributed by atoms with Crippen LogP contribution in [0, 0.1) is 0 Å². The molecule has 4 heteroatoms. The minimum Gasteiger partial charge on any atom is -0.494 e. The largest absolute Gasteiger partial charge is 0.494 e. The summed E-state index contributed by atoms with van der Waals surface area (Å²) in [5.41, 5.74) is 1.24. The first-order valence-electron chi connectivity index (χ1n) is 5.98. The predicted octanol–water partition coefficient (Wildman–Crippen LogP) is 4.71. The maximum absolute atomic E-state index is 11.9. The lowest BCUT2D eigenvalue weighted by atomic mass is 9.87. The Labute approximate surface area is 106 Å². The van der Waals surface area contributed by atoms with E-state index in [-0.39, 0.29) is 18.4 Å². The highest BCUT2D eigenvalue weighted by Crippen LogP contribution is 2.25. The molecule has 0 atom stereocenters. The molecule has 0 aliphatic heterocycles. The quantitative estimate of drug-likeness (QED) is 0.713. The Bertz CT molecular complexity index is 360. The molecule has 0 heterocycles. The number of hydrogen-bond acceptors (Lipinski definition) is 1. The van der Waals surface area contributed by atoms with Crippen molar-refractivity contribution in [2.24, 2.45) is 0 Å². The van der Waals surface area contributed by atoms with Crippen LogP contribution in [0.3, 0.4) is 0 Å². The van der Waals surface area contributed by atoms with Gasteiger partial charge in [0.2, 0.25) is 0 Å². The van der Waals surface area contributed by atoms with Crippen molar-refractivity contribution in [3.05, 3.63) is 29.8 Å². The Morgan fingerprint density at radius 2 is 1.56 bits per heavy atom. The molecule has 1 nitrogen and oxygen atoms in total. The molecule has 0 spiro atoms. The molecule has 0 aliphatic carbocycles. The van der Waals surface area contributed by atoms with Gasteiger partial charge < -0.3 is 4.74 Å². The van der Waals surface area contributed by atoms with Gasteiger partial charge in [0.25, 0.3) is 0 Å². The van der Waals surface area contributed by atoms with Gasteiger partial charge in [0.15, 0.2) is 0 Å². The van der Waals surface area contributed by atoms with Crippen LogP contribution in [0.25, 0.3) is 0 Å². The third kappa shape index (κ3) is 5.43. The Kier molecular flexibility index (Phi) is 4.65. The Morgan fingerprint density at radius 1 is 1.00 bits per heavy atom. The molecule has 1 aromatic carbocycles. The average molecular weight is 260 g/mol. The Morgan fingerprint density at radius 3 is 2.00 bits per heavy atom. The summed E-state index contributed by atoms with van der Waals surface area (Å²) in [7, 11) is 0. The SMILES string of the molecule is CC(C)(C)c1ccc(OCCCC(F)(F)F)cc1. The maximum atomic E-state index is 11.9. The van der Waals surface area contributed by atoms with E-state index >= 15 is 0 Å². The molecule has 0 bridgehead atoms. The van der Waals surface area contributed by atoms with Crippen LogP contribution in [0.15, 0.2) is 24.3 Å². The van der Waals surface area contributed by atoms with Crippen molar-refractivity contribution in [3.8, 4) is 5.75 Å². The minimum absolute atomic E-state index is 0.00940.